The Bertz CT molecular complexity index is 834. The molecule has 1 aliphatic carbocycles. The highest BCUT2D eigenvalue weighted by Crippen LogP contribution is 2.18. The van der Waals surface area contributed by atoms with E-state index in [0.29, 0.717) is 5.76 Å². The number of carboxylic acid groups (broad SMARTS) is 1. The van der Waals surface area contributed by atoms with Gasteiger partial charge in [-0.25, -0.2) is 4.79 Å². The maximum absolute atomic E-state index is 12.3. The van der Waals surface area contributed by atoms with E-state index in [2.05, 4.69) is 10.3 Å². The normalized spacial score (nSPS) is 13.8. The SMILES string of the molecule is O=C(O)c1ccc(CNC(=O)c2cc3c([nH]c2=O)CCCCC3)o1. The Morgan fingerprint density at radius 2 is 2.00 bits per heavy atom. The lowest BCUT2D eigenvalue weighted by Gasteiger charge is -2.08. The number of aryl methyl sites for hydroxylation is 2. The Hall–Kier alpha value is -2.83. The second-order valence-corrected chi connectivity index (χ2v) is 5.83. The number of aromatic amines is 1. The van der Waals surface area contributed by atoms with Crippen LogP contribution in [0.3, 0.4) is 0 Å². The van der Waals surface area contributed by atoms with Crippen LogP contribution in [-0.4, -0.2) is 22.0 Å². The molecule has 7 heteroatoms. The largest absolute Gasteiger partial charge is 0.475 e. The van der Waals surface area contributed by atoms with Gasteiger partial charge in [0.1, 0.15) is 11.3 Å². The highest BCUT2D eigenvalue weighted by molar-refractivity contribution is 5.94. The van der Waals surface area contributed by atoms with E-state index in [-0.39, 0.29) is 17.9 Å². The van der Waals surface area contributed by atoms with Crippen LogP contribution >= 0.6 is 0 Å². The zero-order valence-electron chi connectivity index (χ0n) is 13.1. The van der Waals surface area contributed by atoms with Gasteiger partial charge in [-0.15, -0.1) is 0 Å². The second kappa shape index (κ2) is 6.74. The molecule has 0 unspecified atom stereocenters. The number of rotatable bonds is 4. The third-order valence-corrected chi connectivity index (χ3v) is 4.13. The molecule has 2 aromatic rings. The van der Waals surface area contributed by atoms with Crippen LogP contribution in [0.25, 0.3) is 0 Å². The van der Waals surface area contributed by atoms with Gasteiger partial charge in [-0.2, -0.15) is 0 Å². The Morgan fingerprint density at radius 1 is 1.21 bits per heavy atom. The topological polar surface area (TPSA) is 112 Å². The van der Waals surface area contributed by atoms with Crippen molar-refractivity contribution in [2.24, 2.45) is 0 Å². The first-order valence-electron chi connectivity index (χ1n) is 7.90. The standard InChI is InChI=1S/C17H18N2O5/c20-15(18-9-11-6-7-14(24-11)17(22)23)12-8-10-4-2-1-3-5-13(10)19-16(12)21/h6-8H,1-5,9H2,(H,18,20)(H,19,21)(H,22,23). The van der Waals surface area contributed by atoms with E-state index in [9.17, 15) is 14.4 Å². The number of nitrogens with one attached hydrogen (secondary N) is 2. The molecule has 1 amide bonds. The molecule has 2 aromatic heterocycles. The molecule has 0 atom stereocenters. The molecule has 3 rings (SSSR count). The molecule has 126 valence electrons. The highest BCUT2D eigenvalue weighted by Gasteiger charge is 2.17. The fraction of sp³-hybridized carbons (Fsp3) is 0.353. The summed E-state index contributed by atoms with van der Waals surface area (Å²) in [5, 5.41) is 11.4. The van der Waals surface area contributed by atoms with Gasteiger partial charge < -0.3 is 19.8 Å². The maximum atomic E-state index is 12.3. The molecular weight excluding hydrogens is 312 g/mol. The van der Waals surface area contributed by atoms with E-state index in [0.717, 1.165) is 43.4 Å². The van der Waals surface area contributed by atoms with Crippen molar-refractivity contribution in [2.75, 3.05) is 0 Å². The first kappa shape index (κ1) is 16.0. The lowest BCUT2D eigenvalue weighted by molar-refractivity contribution is 0.0660. The molecule has 0 aromatic carbocycles. The molecule has 0 spiro atoms. The monoisotopic (exact) mass is 330 g/mol. The van der Waals surface area contributed by atoms with Crippen molar-refractivity contribution in [2.45, 2.75) is 38.6 Å². The smallest absolute Gasteiger partial charge is 0.371 e. The highest BCUT2D eigenvalue weighted by atomic mass is 16.4. The maximum Gasteiger partial charge on any atom is 0.371 e. The van der Waals surface area contributed by atoms with Gasteiger partial charge in [0.05, 0.1) is 6.54 Å². The predicted molar refractivity (Wildman–Crippen MR) is 85.2 cm³/mol. The number of furan rings is 1. The van der Waals surface area contributed by atoms with E-state index >= 15 is 0 Å². The molecule has 0 bridgehead atoms. The first-order valence-corrected chi connectivity index (χ1v) is 7.90. The number of aromatic nitrogens is 1. The first-order chi connectivity index (χ1) is 11.5. The summed E-state index contributed by atoms with van der Waals surface area (Å²) in [5.74, 6) is -1.56. The van der Waals surface area contributed by atoms with Gasteiger partial charge in [0, 0.05) is 5.69 Å². The minimum absolute atomic E-state index is 0.0165. The summed E-state index contributed by atoms with van der Waals surface area (Å²) in [6, 6.07) is 4.46. The van der Waals surface area contributed by atoms with Crippen LogP contribution in [0.4, 0.5) is 0 Å². The van der Waals surface area contributed by atoms with E-state index in [4.69, 9.17) is 9.52 Å². The number of carbonyl (C=O) groups excluding carboxylic acids is 1. The van der Waals surface area contributed by atoms with Crippen molar-refractivity contribution in [3.63, 3.8) is 0 Å². The number of aromatic carboxylic acids is 1. The fourth-order valence-electron chi connectivity index (χ4n) is 2.87. The average Bonchev–Trinajstić information content (AvgIpc) is 2.92. The Morgan fingerprint density at radius 3 is 2.75 bits per heavy atom. The summed E-state index contributed by atoms with van der Waals surface area (Å²) in [6.07, 6.45) is 4.88. The number of amides is 1. The molecule has 0 aliphatic heterocycles. The van der Waals surface area contributed by atoms with Crippen LogP contribution in [0, 0.1) is 0 Å². The number of H-pyrrole nitrogens is 1. The fourth-order valence-corrected chi connectivity index (χ4v) is 2.87. The van der Waals surface area contributed by atoms with Crippen LogP contribution in [0.1, 0.15) is 57.2 Å². The molecule has 2 heterocycles. The van der Waals surface area contributed by atoms with Crippen molar-refractivity contribution in [1.29, 1.82) is 0 Å². The number of fused-ring (bicyclic) bond motifs is 1. The molecule has 24 heavy (non-hydrogen) atoms. The minimum Gasteiger partial charge on any atom is -0.475 e. The molecular formula is C17H18N2O5. The number of hydrogen-bond acceptors (Lipinski definition) is 4. The third kappa shape index (κ3) is 3.40. The minimum atomic E-state index is -1.17. The van der Waals surface area contributed by atoms with Gasteiger partial charge in [0.25, 0.3) is 11.5 Å². The number of pyridine rings is 1. The lowest BCUT2D eigenvalue weighted by atomic mass is 10.1. The van der Waals surface area contributed by atoms with Gasteiger partial charge in [0.2, 0.25) is 5.76 Å². The Labute approximate surface area is 137 Å². The summed E-state index contributed by atoms with van der Waals surface area (Å²) in [6.45, 7) is 0.0165. The Balaban J connectivity index is 1.73. The third-order valence-electron chi connectivity index (χ3n) is 4.13. The Kier molecular flexibility index (Phi) is 4.50. The van der Waals surface area contributed by atoms with Crippen molar-refractivity contribution in [3.05, 3.63) is 56.9 Å². The van der Waals surface area contributed by atoms with Gasteiger partial charge in [-0.1, -0.05) is 6.42 Å². The van der Waals surface area contributed by atoms with E-state index < -0.39 is 17.4 Å². The second-order valence-electron chi connectivity index (χ2n) is 5.83. The average molecular weight is 330 g/mol. The van der Waals surface area contributed by atoms with Crippen LogP contribution in [0.15, 0.2) is 27.4 Å². The van der Waals surface area contributed by atoms with Crippen LogP contribution in [-0.2, 0) is 19.4 Å². The van der Waals surface area contributed by atoms with Gasteiger partial charge in [0.15, 0.2) is 0 Å². The van der Waals surface area contributed by atoms with Gasteiger partial charge in [-0.3, -0.25) is 9.59 Å². The lowest BCUT2D eigenvalue weighted by Crippen LogP contribution is -2.30. The number of carbonyl (C=O) groups is 2. The molecule has 0 fully saturated rings. The predicted octanol–water partition coefficient (Wildman–Crippen LogP) is 1.87. The number of hydrogen-bond donors (Lipinski definition) is 3. The summed E-state index contributed by atoms with van der Waals surface area (Å²) in [7, 11) is 0. The molecule has 0 saturated carbocycles. The number of carboxylic acids is 1. The molecule has 1 aliphatic rings. The van der Waals surface area contributed by atoms with Crippen molar-refractivity contribution >= 4 is 11.9 Å². The quantitative estimate of drug-likeness (QED) is 0.741. The summed E-state index contributed by atoms with van der Waals surface area (Å²) in [4.78, 5) is 38.0. The van der Waals surface area contributed by atoms with E-state index in [1.807, 2.05) is 0 Å². The molecule has 0 radical (unpaired) electrons. The van der Waals surface area contributed by atoms with E-state index in [1.165, 1.54) is 12.1 Å². The van der Waals surface area contributed by atoms with Gasteiger partial charge >= 0.3 is 5.97 Å². The van der Waals surface area contributed by atoms with Crippen LogP contribution in [0.5, 0.6) is 0 Å². The molecule has 0 saturated heterocycles. The summed E-state index contributed by atoms with van der Waals surface area (Å²) >= 11 is 0. The summed E-state index contributed by atoms with van der Waals surface area (Å²) < 4.78 is 5.07. The zero-order valence-corrected chi connectivity index (χ0v) is 13.1. The van der Waals surface area contributed by atoms with Crippen molar-refractivity contribution in [1.82, 2.24) is 10.3 Å². The van der Waals surface area contributed by atoms with Crippen molar-refractivity contribution in [3.8, 4) is 0 Å². The zero-order chi connectivity index (χ0) is 17.1. The van der Waals surface area contributed by atoms with Gasteiger partial charge in [-0.05, 0) is 49.4 Å². The van der Waals surface area contributed by atoms with Crippen LogP contribution in [0.2, 0.25) is 0 Å². The summed E-state index contributed by atoms with van der Waals surface area (Å²) in [5.41, 5.74) is 1.61. The van der Waals surface area contributed by atoms with Crippen molar-refractivity contribution < 1.29 is 19.1 Å². The van der Waals surface area contributed by atoms with E-state index in [1.54, 1.807) is 6.07 Å². The molecule has 3 N–H and O–H groups in total. The van der Waals surface area contributed by atoms with Crippen LogP contribution < -0.4 is 10.9 Å². The molecule has 7 nitrogen and oxygen atoms in total.